The van der Waals surface area contributed by atoms with Crippen LogP contribution in [0.5, 0.6) is 0 Å². The molecule has 1 heterocycles. The summed E-state index contributed by atoms with van der Waals surface area (Å²) in [5.41, 5.74) is 1.83. The number of halogens is 1. The first-order chi connectivity index (χ1) is 12.7. The fourth-order valence-electron chi connectivity index (χ4n) is 3.05. The fraction of sp³-hybridized carbons (Fsp3) is 0.286. The Morgan fingerprint density at radius 1 is 1.15 bits per heavy atom. The lowest BCUT2D eigenvalue weighted by Crippen LogP contribution is -2.43. The molecule has 1 aliphatic heterocycles. The molecule has 136 valence electrons. The lowest BCUT2D eigenvalue weighted by atomic mass is 10.0. The molecule has 0 saturated carbocycles. The van der Waals surface area contributed by atoms with Crippen molar-refractivity contribution in [3.8, 4) is 0 Å². The Hall–Kier alpha value is -2.50. The van der Waals surface area contributed by atoms with Crippen LogP contribution in [0.4, 0.5) is 4.39 Å². The molecule has 0 bridgehead atoms. The van der Waals surface area contributed by atoms with Gasteiger partial charge in [0.2, 0.25) is 5.91 Å². The lowest BCUT2D eigenvalue weighted by molar-refractivity contribution is -0.116. The summed E-state index contributed by atoms with van der Waals surface area (Å²) in [4.78, 5) is 14.4. The summed E-state index contributed by atoms with van der Waals surface area (Å²) in [6.45, 7) is 3.23. The van der Waals surface area contributed by atoms with E-state index < -0.39 is 0 Å². The van der Waals surface area contributed by atoms with Gasteiger partial charge in [-0.25, -0.2) is 4.39 Å². The van der Waals surface area contributed by atoms with E-state index in [-0.39, 0.29) is 17.8 Å². The van der Waals surface area contributed by atoms with Crippen molar-refractivity contribution in [1.29, 1.82) is 0 Å². The van der Waals surface area contributed by atoms with E-state index >= 15 is 0 Å². The van der Waals surface area contributed by atoms with Gasteiger partial charge in [0.15, 0.2) is 0 Å². The van der Waals surface area contributed by atoms with E-state index in [0.717, 1.165) is 24.2 Å². The second-order valence-corrected chi connectivity index (χ2v) is 6.21. The molecule has 1 unspecified atom stereocenters. The fourth-order valence-corrected chi connectivity index (χ4v) is 3.05. The highest BCUT2D eigenvalue weighted by molar-refractivity contribution is 5.91. The molecule has 26 heavy (non-hydrogen) atoms. The summed E-state index contributed by atoms with van der Waals surface area (Å²) in [7, 11) is 0. The molecule has 0 aromatic heterocycles. The van der Waals surface area contributed by atoms with Gasteiger partial charge in [-0.3, -0.25) is 9.69 Å². The lowest BCUT2D eigenvalue weighted by Gasteiger charge is -2.34. The van der Waals surface area contributed by atoms with E-state index in [9.17, 15) is 9.18 Å². The van der Waals surface area contributed by atoms with E-state index in [2.05, 4.69) is 10.2 Å². The molecule has 4 nitrogen and oxygen atoms in total. The number of nitrogens with one attached hydrogen (secondary N) is 1. The third kappa shape index (κ3) is 5.25. The number of carbonyl (C=O) groups is 1. The Balaban J connectivity index is 1.65. The molecule has 3 rings (SSSR count). The molecule has 1 N–H and O–H groups in total. The summed E-state index contributed by atoms with van der Waals surface area (Å²) < 4.78 is 19.1. The van der Waals surface area contributed by atoms with Gasteiger partial charge < -0.3 is 10.1 Å². The van der Waals surface area contributed by atoms with Crippen molar-refractivity contribution in [3.05, 3.63) is 77.6 Å². The predicted octanol–water partition coefficient (Wildman–Crippen LogP) is 3.03. The third-order valence-electron chi connectivity index (χ3n) is 4.42. The molecule has 1 saturated heterocycles. The molecule has 5 heteroatoms. The summed E-state index contributed by atoms with van der Waals surface area (Å²) >= 11 is 0. The van der Waals surface area contributed by atoms with Crippen molar-refractivity contribution in [2.24, 2.45) is 0 Å². The van der Waals surface area contributed by atoms with E-state index in [1.54, 1.807) is 12.1 Å². The Morgan fingerprint density at radius 3 is 2.65 bits per heavy atom. The monoisotopic (exact) mass is 354 g/mol. The number of nitrogens with zero attached hydrogens (tertiary/aromatic N) is 1. The summed E-state index contributed by atoms with van der Waals surface area (Å²) in [5, 5.41) is 2.94. The molecule has 1 amide bonds. The van der Waals surface area contributed by atoms with Crippen LogP contribution in [0.1, 0.15) is 17.2 Å². The molecule has 0 spiro atoms. The maximum Gasteiger partial charge on any atom is 0.244 e. The Labute approximate surface area is 153 Å². The highest BCUT2D eigenvalue weighted by Gasteiger charge is 2.23. The first-order valence-electron chi connectivity index (χ1n) is 8.80. The average molecular weight is 354 g/mol. The molecular formula is C21H23FN2O2. The van der Waals surface area contributed by atoms with Gasteiger partial charge in [-0.1, -0.05) is 42.5 Å². The van der Waals surface area contributed by atoms with Crippen LogP contribution in [-0.2, 0) is 9.53 Å². The summed E-state index contributed by atoms with van der Waals surface area (Å²) in [5.74, 6) is -0.431. The number of benzene rings is 2. The third-order valence-corrected chi connectivity index (χ3v) is 4.42. The minimum Gasteiger partial charge on any atom is -0.379 e. The molecule has 2 aromatic rings. The Bertz CT molecular complexity index is 743. The zero-order chi connectivity index (χ0) is 18.2. The Morgan fingerprint density at radius 2 is 1.92 bits per heavy atom. The van der Waals surface area contributed by atoms with Crippen LogP contribution in [0.2, 0.25) is 0 Å². The smallest absolute Gasteiger partial charge is 0.244 e. The quantitative estimate of drug-likeness (QED) is 0.811. The van der Waals surface area contributed by atoms with E-state index in [0.29, 0.717) is 19.8 Å². The van der Waals surface area contributed by atoms with Crippen molar-refractivity contribution in [3.63, 3.8) is 0 Å². The number of hydrogen-bond acceptors (Lipinski definition) is 3. The van der Waals surface area contributed by atoms with Crippen LogP contribution < -0.4 is 5.32 Å². The molecule has 0 radical (unpaired) electrons. The molecular weight excluding hydrogens is 331 g/mol. The highest BCUT2D eigenvalue weighted by Crippen LogP contribution is 2.22. The predicted molar refractivity (Wildman–Crippen MR) is 100 cm³/mol. The second-order valence-electron chi connectivity index (χ2n) is 6.21. The first kappa shape index (κ1) is 18.3. The van der Waals surface area contributed by atoms with Crippen molar-refractivity contribution in [1.82, 2.24) is 10.2 Å². The minimum atomic E-state index is -0.268. The van der Waals surface area contributed by atoms with E-state index in [4.69, 9.17) is 4.74 Å². The van der Waals surface area contributed by atoms with Crippen molar-refractivity contribution in [2.75, 3.05) is 32.8 Å². The largest absolute Gasteiger partial charge is 0.379 e. The minimum absolute atomic E-state index is 0.0799. The number of hydrogen-bond donors (Lipinski definition) is 1. The van der Waals surface area contributed by atoms with Crippen LogP contribution in [-0.4, -0.2) is 43.7 Å². The maximum atomic E-state index is 13.7. The van der Waals surface area contributed by atoms with Gasteiger partial charge in [0, 0.05) is 25.7 Å². The molecule has 1 atom stereocenters. The molecule has 2 aromatic carbocycles. The van der Waals surface area contributed by atoms with E-state index in [1.165, 1.54) is 18.2 Å². The summed E-state index contributed by atoms with van der Waals surface area (Å²) in [6, 6.07) is 16.1. The number of morpholine rings is 1. The Kier molecular flexibility index (Phi) is 6.52. The number of carbonyl (C=O) groups excluding carboxylic acids is 1. The van der Waals surface area contributed by atoms with Gasteiger partial charge in [-0.05, 0) is 29.3 Å². The second kappa shape index (κ2) is 9.27. The maximum absolute atomic E-state index is 13.7. The van der Waals surface area contributed by atoms with Gasteiger partial charge in [0.1, 0.15) is 5.82 Å². The zero-order valence-corrected chi connectivity index (χ0v) is 14.6. The molecule has 0 aliphatic carbocycles. The van der Waals surface area contributed by atoms with Crippen molar-refractivity contribution in [2.45, 2.75) is 6.04 Å². The van der Waals surface area contributed by atoms with Crippen LogP contribution in [0.25, 0.3) is 6.08 Å². The van der Waals surface area contributed by atoms with Crippen molar-refractivity contribution < 1.29 is 13.9 Å². The average Bonchev–Trinajstić information content (AvgIpc) is 2.68. The van der Waals surface area contributed by atoms with Gasteiger partial charge in [0.25, 0.3) is 0 Å². The van der Waals surface area contributed by atoms with Crippen LogP contribution >= 0.6 is 0 Å². The van der Waals surface area contributed by atoms with Gasteiger partial charge in [-0.15, -0.1) is 0 Å². The highest BCUT2D eigenvalue weighted by atomic mass is 19.1. The first-order valence-corrected chi connectivity index (χ1v) is 8.80. The normalized spacial score (nSPS) is 16.5. The van der Waals surface area contributed by atoms with Crippen LogP contribution in [0.15, 0.2) is 60.7 Å². The standard InChI is InChI=1S/C21H23FN2O2/c22-19-8-4-7-18(15-19)20(24-11-13-26-14-12-24)16-23-21(25)10-9-17-5-2-1-3-6-17/h1-10,15,20H,11-14,16H2,(H,23,25)/b10-9+. The summed E-state index contributed by atoms with van der Waals surface area (Å²) in [6.07, 6.45) is 3.30. The number of amides is 1. The van der Waals surface area contributed by atoms with Gasteiger partial charge >= 0.3 is 0 Å². The van der Waals surface area contributed by atoms with Gasteiger partial charge in [-0.2, -0.15) is 0 Å². The van der Waals surface area contributed by atoms with Gasteiger partial charge in [0.05, 0.1) is 19.3 Å². The van der Waals surface area contributed by atoms with Crippen LogP contribution in [0.3, 0.4) is 0 Å². The SMILES string of the molecule is O=C(/C=C/c1ccccc1)NCC(c1cccc(F)c1)N1CCOCC1. The molecule has 1 aliphatic rings. The number of rotatable bonds is 6. The molecule has 1 fully saturated rings. The van der Waals surface area contributed by atoms with E-state index in [1.807, 2.05) is 36.4 Å². The van der Waals surface area contributed by atoms with Crippen LogP contribution in [0, 0.1) is 5.82 Å². The zero-order valence-electron chi connectivity index (χ0n) is 14.6. The van der Waals surface area contributed by atoms with Crippen molar-refractivity contribution >= 4 is 12.0 Å². The topological polar surface area (TPSA) is 41.6 Å². The number of ether oxygens (including phenoxy) is 1.